The lowest BCUT2D eigenvalue weighted by atomic mass is 10.0. The first-order valence-electron chi connectivity index (χ1n) is 8.43. The van der Waals surface area contributed by atoms with Crippen LogP contribution in [-0.2, 0) is 4.79 Å². The molecule has 3 aromatic carbocycles. The molecule has 0 spiro atoms. The van der Waals surface area contributed by atoms with Crippen molar-refractivity contribution in [1.29, 1.82) is 0 Å². The van der Waals surface area contributed by atoms with Crippen LogP contribution in [-0.4, -0.2) is 32.6 Å². The number of aliphatic carboxylic acids is 1. The number of rotatable bonds is 5. The molecule has 4 aromatic rings. The number of fused-ring (bicyclic) bond motifs is 1. The Morgan fingerprint density at radius 1 is 1.04 bits per heavy atom. The number of carboxylic acid groups (broad SMARTS) is 1. The van der Waals surface area contributed by atoms with Gasteiger partial charge in [-0.05, 0) is 47.5 Å². The van der Waals surface area contributed by atoms with E-state index in [1.54, 1.807) is 29.1 Å². The Bertz CT molecular complexity index is 1170. The summed E-state index contributed by atoms with van der Waals surface area (Å²) in [4.78, 5) is 10.6. The normalized spacial score (nSPS) is 10.9. The molecule has 0 bridgehead atoms. The van der Waals surface area contributed by atoms with E-state index in [9.17, 15) is 14.3 Å². The van der Waals surface area contributed by atoms with E-state index in [4.69, 9.17) is 9.84 Å². The summed E-state index contributed by atoms with van der Waals surface area (Å²) in [5.41, 5.74) is 3.27. The fourth-order valence-corrected chi connectivity index (χ4v) is 2.94. The number of aromatic hydroxyl groups is 1. The Kier molecular flexibility index (Phi) is 4.41. The van der Waals surface area contributed by atoms with Crippen LogP contribution in [0.5, 0.6) is 11.5 Å². The molecule has 0 saturated heterocycles. The summed E-state index contributed by atoms with van der Waals surface area (Å²) in [5, 5.41) is 23.5. The molecule has 140 valence electrons. The van der Waals surface area contributed by atoms with Crippen LogP contribution in [0, 0.1) is 5.82 Å². The minimum atomic E-state index is -1.03. The number of phenolic OH excluding ortho intramolecular Hbond substituents is 1. The fourth-order valence-electron chi connectivity index (χ4n) is 2.94. The molecule has 0 unspecified atom stereocenters. The molecule has 0 aliphatic rings. The number of carbonyl (C=O) groups is 1. The van der Waals surface area contributed by atoms with E-state index in [2.05, 4.69) is 5.10 Å². The van der Waals surface area contributed by atoms with Gasteiger partial charge in [-0.2, -0.15) is 5.10 Å². The monoisotopic (exact) mass is 378 g/mol. The topological polar surface area (TPSA) is 84.6 Å². The van der Waals surface area contributed by atoms with E-state index in [1.807, 2.05) is 30.3 Å². The molecule has 1 heterocycles. The van der Waals surface area contributed by atoms with Crippen LogP contribution >= 0.6 is 0 Å². The third-order valence-electron chi connectivity index (χ3n) is 4.29. The van der Waals surface area contributed by atoms with E-state index >= 15 is 0 Å². The molecule has 0 atom stereocenters. The molecule has 1 aromatic heterocycles. The van der Waals surface area contributed by atoms with Crippen molar-refractivity contribution in [2.75, 3.05) is 6.61 Å². The largest absolute Gasteiger partial charge is 0.505 e. The zero-order valence-corrected chi connectivity index (χ0v) is 14.5. The van der Waals surface area contributed by atoms with Crippen LogP contribution in [0.3, 0.4) is 0 Å². The van der Waals surface area contributed by atoms with Gasteiger partial charge in [0.2, 0.25) is 0 Å². The van der Waals surface area contributed by atoms with Gasteiger partial charge in [-0.25, -0.2) is 13.9 Å². The van der Waals surface area contributed by atoms with E-state index < -0.39 is 17.5 Å². The lowest BCUT2D eigenvalue weighted by Crippen LogP contribution is -2.09. The molecule has 0 aliphatic carbocycles. The number of phenols is 1. The van der Waals surface area contributed by atoms with Crippen molar-refractivity contribution in [1.82, 2.24) is 9.78 Å². The van der Waals surface area contributed by atoms with Crippen molar-refractivity contribution in [3.8, 4) is 28.3 Å². The third kappa shape index (κ3) is 3.37. The Morgan fingerprint density at radius 2 is 1.79 bits per heavy atom. The van der Waals surface area contributed by atoms with Crippen molar-refractivity contribution in [3.05, 3.63) is 72.7 Å². The van der Waals surface area contributed by atoms with Gasteiger partial charge in [0.25, 0.3) is 0 Å². The van der Waals surface area contributed by atoms with E-state index in [-0.39, 0.29) is 6.61 Å². The van der Waals surface area contributed by atoms with Gasteiger partial charge in [-0.3, -0.25) is 0 Å². The first-order chi connectivity index (χ1) is 13.5. The van der Waals surface area contributed by atoms with Crippen LogP contribution in [0.15, 0.2) is 66.9 Å². The molecule has 2 N–H and O–H groups in total. The van der Waals surface area contributed by atoms with Crippen molar-refractivity contribution in [3.63, 3.8) is 0 Å². The van der Waals surface area contributed by atoms with E-state index in [0.29, 0.717) is 11.4 Å². The predicted octanol–water partition coefficient (Wildman–Crippen LogP) is 4.00. The molecule has 6 nitrogen and oxygen atoms in total. The second-order valence-electron chi connectivity index (χ2n) is 6.17. The summed E-state index contributed by atoms with van der Waals surface area (Å²) in [6.07, 6.45) is 1.70. The number of hydrogen-bond acceptors (Lipinski definition) is 4. The van der Waals surface area contributed by atoms with Crippen molar-refractivity contribution in [2.45, 2.75) is 0 Å². The van der Waals surface area contributed by atoms with Gasteiger partial charge in [-0.15, -0.1) is 0 Å². The third-order valence-corrected chi connectivity index (χ3v) is 4.29. The molecular formula is C21H15FN2O4. The molecule has 28 heavy (non-hydrogen) atoms. The number of ether oxygens (including phenoxy) is 1. The molecule has 0 saturated carbocycles. The summed E-state index contributed by atoms with van der Waals surface area (Å²) in [5.74, 6) is -1.65. The highest BCUT2D eigenvalue weighted by Crippen LogP contribution is 2.28. The summed E-state index contributed by atoms with van der Waals surface area (Å²) < 4.78 is 20.1. The highest BCUT2D eigenvalue weighted by Gasteiger charge is 2.09. The number of hydrogen-bond donors (Lipinski definition) is 2. The van der Waals surface area contributed by atoms with Gasteiger partial charge in [0.05, 0.1) is 17.4 Å². The minimum absolute atomic E-state index is 0.385. The van der Waals surface area contributed by atoms with Crippen LogP contribution < -0.4 is 4.74 Å². The van der Waals surface area contributed by atoms with Crippen molar-refractivity contribution >= 4 is 16.9 Å². The lowest BCUT2D eigenvalue weighted by molar-refractivity contribution is -0.139. The number of benzene rings is 3. The average molecular weight is 378 g/mol. The summed E-state index contributed by atoms with van der Waals surface area (Å²) in [6, 6.07) is 17.0. The van der Waals surface area contributed by atoms with Gasteiger partial charge >= 0.3 is 5.97 Å². The van der Waals surface area contributed by atoms with Gasteiger partial charge < -0.3 is 14.9 Å². The Labute approximate surface area is 159 Å². The van der Waals surface area contributed by atoms with E-state index in [1.165, 1.54) is 12.1 Å². The smallest absolute Gasteiger partial charge is 0.341 e. The zero-order chi connectivity index (χ0) is 19.7. The fraction of sp³-hybridized carbons (Fsp3) is 0.0476. The van der Waals surface area contributed by atoms with Crippen molar-refractivity contribution < 1.29 is 24.1 Å². The molecular weight excluding hydrogens is 363 g/mol. The highest BCUT2D eigenvalue weighted by atomic mass is 19.1. The SMILES string of the molecule is O=C(O)COc1ccc(-c2ccc3c(cnn3-c3ccc(F)c(O)c3)c2)cc1. The molecule has 7 heteroatoms. The van der Waals surface area contributed by atoms with Gasteiger partial charge in [0.15, 0.2) is 18.2 Å². The zero-order valence-electron chi connectivity index (χ0n) is 14.5. The first kappa shape index (κ1) is 17.5. The Balaban J connectivity index is 1.64. The summed E-state index contributed by atoms with van der Waals surface area (Å²) in [6.45, 7) is -0.385. The van der Waals surface area contributed by atoms with Crippen LogP contribution in [0.25, 0.3) is 27.7 Å². The highest BCUT2D eigenvalue weighted by molar-refractivity contribution is 5.85. The molecule has 0 fully saturated rings. The lowest BCUT2D eigenvalue weighted by Gasteiger charge is -2.07. The number of carboxylic acids is 1. The first-order valence-corrected chi connectivity index (χ1v) is 8.43. The van der Waals surface area contributed by atoms with Gasteiger partial charge in [0, 0.05) is 11.5 Å². The summed E-state index contributed by atoms with van der Waals surface area (Å²) in [7, 11) is 0. The quantitative estimate of drug-likeness (QED) is 0.548. The molecule has 0 amide bonds. The second kappa shape index (κ2) is 7.03. The summed E-state index contributed by atoms with van der Waals surface area (Å²) >= 11 is 0. The van der Waals surface area contributed by atoms with Gasteiger partial charge in [-0.1, -0.05) is 18.2 Å². The maximum Gasteiger partial charge on any atom is 0.341 e. The van der Waals surface area contributed by atoms with Crippen molar-refractivity contribution in [2.24, 2.45) is 0 Å². The standard InChI is InChI=1S/C21H15FN2O4/c22-18-7-4-16(10-20(18)25)24-19-8-3-14(9-15(19)11-23-24)13-1-5-17(6-2-13)28-12-21(26)27/h1-11,25H,12H2,(H,26,27). The maximum absolute atomic E-state index is 13.3. The Morgan fingerprint density at radius 3 is 2.50 bits per heavy atom. The molecule has 0 aliphatic heterocycles. The minimum Gasteiger partial charge on any atom is -0.505 e. The van der Waals surface area contributed by atoms with Crippen LogP contribution in [0.1, 0.15) is 0 Å². The van der Waals surface area contributed by atoms with E-state index in [0.717, 1.165) is 22.0 Å². The number of nitrogens with zero attached hydrogens (tertiary/aromatic N) is 2. The second-order valence-corrected chi connectivity index (χ2v) is 6.17. The van der Waals surface area contributed by atoms with Crippen LogP contribution in [0.4, 0.5) is 4.39 Å². The average Bonchev–Trinajstić information content (AvgIpc) is 3.12. The number of aromatic nitrogens is 2. The number of halogens is 1. The maximum atomic E-state index is 13.3. The molecule has 4 rings (SSSR count). The van der Waals surface area contributed by atoms with Gasteiger partial charge in [0.1, 0.15) is 5.75 Å². The van der Waals surface area contributed by atoms with Crippen LogP contribution in [0.2, 0.25) is 0 Å². The predicted molar refractivity (Wildman–Crippen MR) is 101 cm³/mol. The Hall–Kier alpha value is -3.87. The molecule has 0 radical (unpaired) electrons.